The Hall–Kier alpha value is -2.54. The summed E-state index contributed by atoms with van der Waals surface area (Å²) in [6, 6.07) is 18.6. The highest BCUT2D eigenvalue weighted by atomic mass is 127. The third-order valence-corrected chi connectivity index (χ3v) is 6.60. The Morgan fingerprint density at radius 1 is 1.21 bits per heavy atom. The minimum atomic E-state index is -0.518. The molecule has 0 aliphatic rings. The van der Waals surface area contributed by atoms with Crippen molar-refractivity contribution in [1.82, 2.24) is 0 Å². The lowest BCUT2D eigenvalue weighted by atomic mass is 10.1. The van der Waals surface area contributed by atoms with Crippen LogP contribution in [0.3, 0.4) is 0 Å². The molecule has 3 aromatic carbocycles. The van der Waals surface area contributed by atoms with Gasteiger partial charge in [0.15, 0.2) is 11.5 Å². The van der Waals surface area contributed by atoms with E-state index < -0.39 is 5.91 Å². The molecule has 5 nitrogen and oxygen atoms in total. The molecule has 0 saturated carbocycles. The van der Waals surface area contributed by atoms with Crippen LogP contribution in [-0.2, 0) is 11.4 Å². The molecule has 34 heavy (non-hydrogen) atoms. The number of hydrogen-bond acceptors (Lipinski definition) is 4. The van der Waals surface area contributed by atoms with Crippen LogP contribution >= 0.6 is 50.1 Å². The number of nitrogens with zero attached hydrogens (tertiary/aromatic N) is 1. The number of nitrogens with one attached hydrogen (secondary N) is 1. The van der Waals surface area contributed by atoms with Crippen LogP contribution in [0.5, 0.6) is 11.5 Å². The fourth-order valence-electron chi connectivity index (χ4n) is 3.07. The van der Waals surface area contributed by atoms with E-state index in [9.17, 15) is 10.1 Å². The van der Waals surface area contributed by atoms with E-state index in [1.54, 1.807) is 24.3 Å². The number of aryl methyl sites for hydroxylation is 1. The van der Waals surface area contributed by atoms with E-state index in [2.05, 4.69) is 43.8 Å². The molecule has 174 valence electrons. The van der Waals surface area contributed by atoms with Crippen LogP contribution in [0, 0.1) is 21.8 Å². The van der Waals surface area contributed by atoms with Gasteiger partial charge in [0.1, 0.15) is 18.2 Å². The second-order valence-electron chi connectivity index (χ2n) is 7.23. The van der Waals surface area contributed by atoms with Crippen molar-refractivity contribution in [3.8, 4) is 17.6 Å². The number of nitriles is 1. The van der Waals surface area contributed by atoms with E-state index in [1.165, 1.54) is 6.08 Å². The SMILES string of the molecule is CCOc1cc(/C=C(\C#N)C(=O)Nc2cc(Cl)ccc2C)cc(I)c1OCc1ccccc1Br. The van der Waals surface area contributed by atoms with Crippen molar-refractivity contribution >= 4 is 67.8 Å². The minimum Gasteiger partial charge on any atom is -0.490 e. The number of hydrogen-bond donors (Lipinski definition) is 1. The first-order valence-electron chi connectivity index (χ1n) is 10.3. The Morgan fingerprint density at radius 3 is 2.68 bits per heavy atom. The van der Waals surface area contributed by atoms with Crippen molar-refractivity contribution in [2.45, 2.75) is 20.5 Å². The molecule has 0 aliphatic carbocycles. The Labute approximate surface area is 226 Å². The summed E-state index contributed by atoms with van der Waals surface area (Å²) < 4.78 is 13.6. The van der Waals surface area contributed by atoms with Crippen LogP contribution in [-0.4, -0.2) is 12.5 Å². The van der Waals surface area contributed by atoms with Gasteiger partial charge in [-0.15, -0.1) is 0 Å². The number of carbonyl (C=O) groups is 1. The normalized spacial score (nSPS) is 11.0. The van der Waals surface area contributed by atoms with Gasteiger partial charge in [0.25, 0.3) is 5.91 Å². The smallest absolute Gasteiger partial charge is 0.266 e. The van der Waals surface area contributed by atoms with E-state index >= 15 is 0 Å². The maximum atomic E-state index is 12.8. The zero-order valence-electron chi connectivity index (χ0n) is 18.5. The molecule has 0 aliphatic heterocycles. The number of carbonyl (C=O) groups excluding carboxylic acids is 1. The number of rotatable bonds is 8. The number of benzene rings is 3. The molecule has 0 spiro atoms. The predicted molar refractivity (Wildman–Crippen MR) is 147 cm³/mol. The Kier molecular flexibility index (Phi) is 9.39. The Morgan fingerprint density at radius 2 is 1.97 bits per heavy atom. The van der Waals surface area contributed by atoms with E-state index in [0.717, 1.165) is 19.2 Å². The standard InChI is InChI=1S/C26H21BrClIN2O3/c1-3-33-24-12-17(11-22(29)25(24)34-15-18-6-4-5-7-21(18)27)10-19(14-30)26(32)31-23-13-20(28)9-8-16(23)2/h4-13H,3,15H2,1-2H3,(H,31,32)/b19-10+. The molecular weight excluding hydrogens is 631 g/mol. The molecular formula is C26H21BrClIN2O3. The quantitative estimate of drug-likeness (QED) is 0.155. The van der Waals surface area contributed by atoms with Gasteiger partial charge in [-0.2, -0.15) is 5.26 Å². The van der Waals surface area contributed by atoms with E-state index in [1.807, 2.05) is 50.2 Å². The average molecular weight is 652 g/mol. The summed E-state index contributed by atoms with van der Waals surface area (Å²) in [6.45, 7) is 4.53. The van der Waals surface area contributed by atoms with Gasteiger partial charge in [0.2, 0.25) is 0 Å². The van der Waals surface area contributed by atoms with Crippen molar-refractivity contribution in [1.29, 1.82) is 5.26 Å². The summed E-state index contributed by atoms with van der Waals surface area (Å²) in [6.07, 6.45) is 1.53. The summed E-state index contributed by atoms with van der Waals surface area (Å²) in [7, 11) is 0. The molecule has 0 aromatic heterocycles. The van der Waals surface area contributed by atoms with Gasteiger partial charge in [-0.05, 0) is 84.0 Å². The molecule has 3 aromatic rings. The van der Waals surface area contributed by atoms with Crippen LogP contribution in [0.15, 0.2) is 64.6 Å². The van der Waals surface area contributed by atoms with Gasteiger partial charge < -0.3 is 14.8 Å². The van der Waals surface area contributed by atoms with Crippen molar-refractivity contribution in [3.05, 3.63) is 89.9 Å². The molecule has 0 bridgehead atoms. The first-order chi connectivity index (χ1) is 16.3. The highest BCUT2D eigenvalue weighted by Crippen LogP contribution is 2.36. The fraction of sp³-hybridized carbons (Fsp3) is 0.154. The lowest BCUT2D eigenvalue weighted by molar-refractivity contribution is -0.112. The lowest BCUT2D eigenvalue weighted by Crippen LogP contribution is -2.14. The largest absolute Gasteiger partial charge is 0.490 e. The molecule has 0 fully saturated rings. The van der Waals surface area contributed by atoms with Crippen molar-refractivity contribution < 1.29 is 14.3 Å². The summed E-state index contributed by atoms with van der Waals surface area (Å²) in [5.41, 5.74) is 3.01. The van der Waals surface area contributed by atoms with E-state index in [-0.39, 0.29) is 5.57 Å². The minimum absolute atomic E-state index is 0.0421. The molecule has 0 heterocycles. The maximum absolute atomic E-state index is 12.8. The van der Waals surface area contributed by atoms with Crippen molar-refractivity contribution in [2.75, 3.05) is 11.9 Å². The second-order valence-corrected chi connectivity index (χ2v) is 9.68. The van der Waals surface area contributed by atoms with Gasteiger partial charge in [-0.3, -0.25) is 4.79 Å². The highest BCUT2D eigenvalue weighted by molar-refractivity contribution is 14.1. The summed E-state index contributed by atoms with van der Waals surface area (Å²) in [5, 5.41) is 12.9. The molecule has 8 heteroatoms. The Bertz CT molecular complexity index is 1290. The average Bonchev–Trinajstić information content (AvgIpc) is 2.80. The first-order valence-corrected chi connectivity index (χ1v) is 12.6. The predicted octanol–water partition coefficient (Wildman–Crippen LogP) is 7.54. The topological polar surface area (TPSA) is 71.3 Å². The van der Waals surface area contributed by atoms with Crippen molar-refractivity contribution in [3.63, 3.8) is 0 Å². The van der Waals surface area contributed by atoms with Crippen LogP contribution in [0.2, 0.25) is 5.02 Å². The summed E-state index contributed by atoms with van der Waals surface area (Å²) in [5.74, 6) is 0.624. The third-order valence-electron chi connectivity index (χ3n) is 4.79. The molecule has 0 unspecified atom stereocenters. The van der Waals surface area contributed by atoms with E-state index in [0.29, 0.717) is 41.0 Å². The zero-order chi connectivity index (χ0) is 24.7. The maximum Gasteiger partial charge on any atom is 0.266 e. The molecule has 0 atom stereocenters. The lowest BCUT2D eigenvalue weighted by Gasteiger charge is -2.15. The second kappa shape index (κ2) is 12.2. The molecule has 1 N–H and O–H groups in total. The first kappa shape index (κ1) is 26.1. The monoisotopic (exact) mass is 650 g/mol. The zero-order valence-corrected chi connectivity index (χ0v) is 23.0. The summed E-state index contributed by atoms with van der Waals surface area (Å²) >= 11 is 11.7. The number of halogens is 3. The van der Waals surface area contributed by atoms with Crippen LogP contribution in [0.4, 0.5) is 5.69 Å². The van der Waals surface area contributed by atoms with E-state index in [4.69, 9.17) is 21.1 Å². The molecule has 0 saturated heterocycles. The molecule has 1 amide bonds. The van der Waals surface area contributed by atoms with Gasteiger partial charge in [-0.25, -0.2) is 0 Å². The molecule has 0 radical (unpaired) electrons. The number of anilines is 1. The van der Waals surface area contributed by atoms with Gasteiger partial charge >= 0.3 is 0 Å². The third kappa shape index (κ3) is 6.75. The molecule has 3 rings (SSSR count). The van der Waals surface area contributed by atoms with Crippen LogP contribution in [0.1, 0.15) is 23.6 Å². The van der Waals surface area contributed by atoms with Gasteiger partial charge in [-0.1, -0.05) is 51.8 Å². The van der Waals surface area contributed by atoms with Crippen LogP contribution in [0.25, 0.3) is 6.08 Å². The highest BCUT2D eigenvalue weighted by Gasteiger charge is 2.16. The van der Waals surface area contributed by atoms with Gasteiger partial charge in [0, 0.05) is 20.7 Å². The number of amides is 1. The summed E-state index contributed by atoms with van der Waals surface area (Å²) in [4.78, 5) is 12.8. The van der Waals surface area contributed by atoms with Crippen molar-refractivity contribution in [2.24, 2.45) is 0 Å². The Balaban J connectivity index is 1.87. The fourth-order valence-corrected chi connectivity index (χ4v) is 4.43. The number of ether oxygens (including phenoxy) is 2. The van der Waals surface area contributed by atoms with Crippen LogP contribution < -0.4 is 14.8 Å². The van der Waals surface area contributed by atoms with Gasteiger partial charge in [0.05, 0.1) is 10.2 Å².